The summed E-state index contributed by atoms with van der Waals surface area (Å²) in [6, 6.07) is 5.10. The highest BCUT2D eigenvalue weighted by atomic mass is 16.5. The van der Waals surface area contributed by atoms with Gasteiger partial charge in [0.1, 0.15) is 18.2 Å². The molecule has 0 aliphatic carbocycles. The molecule has 88 valence electrons. The van der Waals surface area contributed by atoms with Gasteiger partial charge in [-0.25, -0.2) is 4.98 Å². The van der Waals surface area contributed by atoms with Crippen LogP contribution in [0.4, 0.5) is 5.82 Å². The molecule has 6 heteroatoms. The van der Waals surface area contributed by atoms with Crippen molar-refractivity contribution >= 4 is 5.82 Å². The van der Waals surface area contributed by atoms with Crippen molar-refractivity contribution in [1.29, 1.82) is 0 Å². The minimum Gasteiger partial charge on any atom is -0.437 e. The van der Waals surface area contributed by atoms with Crippen molar-refractivity contribution in [2.45, 2.75) is 6.61 Å². The van der Waals surface area contributed by atoms with E-state index in [1.807, 2.05) is 0 Å². The molecule has 0 radical (unpaired) electrons. The third-order valence-electron chi connectivity index (χ3n) is 1.90. The number of anilines is 1. The van der Waals surface area contributed by atoms with E-state index in [4.69, 9.17) is 15.2 Å². The van der Waals surface area contributed by atoms with Crippen molar-refractivity contribution in [2.24, 2.45) is 0 Å². The van der Waals surface area contributed by atoms with Crippen molar-refractivity contribution in [3.8, 4) is 11.6 Å². The molecule has 2 N–H and O–H groups in total. The molecule has 6 nitrogen and oxygen atoms in total. The molecule has 0 saturated heterocycles. The van der Waals surface area contributed by atoms with E-state index in [1.54, 1.807) is 37.7 Å². The summed E-state index contributed by atoms with van der Waals surface area (Å²) in [7, 11) is 1.56. The SMILES string of the molecule is COCc1nc(N)cc(Oc2cccnc2)n1. The lowest BCUT2D eigenvalue weighted by atomic mass is 10.4. The molecule has 0 atom stereocenters. The zero-order valence-electron chi connectivity index (χ0n) is 9.33. The topological polar surface area (TPSA) is 83.2 Å². The van der Waals surface area contributed by atoms with E-state index >= 15 is 0 Å². The first kappa shape index (κ1) is 11.3. The molecule has 0 spiro atoms. The molecule has 17 heavy (non-hydrogen) atoms. The number of pyridine rings is 1. The Hall–Kier alpha value is -2.21. The van der Waals surface area contributed by atoms with Gasteiger partial charge < -0.3 is 15.2 Å². The maximum Gasteiger partial charge on any atom is 0.224 e. The average molecular weight is 232 g/mol. The lowest BCUT2D eigenvalue weighted by Crippen LogP contribution is -2.02. The van der Waals surface area contributed by atoms with E-state index in [1.165, 1.54) is 0 Å². The number of hydrogen-bond acceptors (Lipinski definition) is 6. The van der Waals surface area contributed by atoms with Gasteiger partial charge in [-0.05, 0) is 12.1 Å². The highest BCUT2D eigenvalue weighted by molar-refractivity contribution is 5.35. The first-order chi connectivity index (χ1) is 8.28. The normalized spacial score (nSPS) is 10.2. The summed E-state index contributed by atoms with van der Waals surface area (Å²) >= 11 is 0. The predicted molar refractivity (Wildman–Crippen MR) is 61.5 cm³/mol. The molecule has 2 rings (SSSR count). The van der Waals surface area contributed by atoms with E-state index in [9.17, 15) is 0 Å². The molecule has 0 bridgehead atoms. The molecule has 0 amide bonds. The molecule has 0 aliphatic heterocycles. The molecule has 0 unspecified atom stereocenters. The van der Waals surface area contributed by atoms with Crippen LogP contribution in [0.5, 0.6) is 11.6 Å². The van der Waals surface area contributed by atoms with Gasteiger partial charge in [0, 0.05) is 19.4 Å². The summed E-state index contributed by atoms with van der Waals surface area (Å²) in [4.78, 5) is 12.1. The Balaban J connectivity index is 2.21. The van der Waals surface area contributed by atoms with Crippen LogP contribution < -0.4 is 10.5 Å². The summed E-state index contributed by atoms with van der Waals surface area (Å²) in [5.41, 5.74) is 5.64. The smallest absolute Gasteiger partial charge is 0.224 e. The van der Waals surface area contributed by atoms with Crippen molar-refractivity contribution in [1.82, 2.24) is 15.0 Å². The molecular weight excluding hydrogens is 220 g/mol. The third kappa shape index (κ3) is 3.12. The van der Waals surface area contributed by atoms with E-state index < -0.39 is 0 Å². The number of nitrogens with zero attached hydrogens (tertiary/aromatic N) is 3. The van der Waals surface area contributed by atoms with Gasteiger partial charge in [0.05, 0.1) is 6.20 Å². The third-order valence-corrected chi connectivity index (χ3v) is 1.90. The van der Waals surface area contributed by atoms with Gasteiger partial charge in [-0.2, -0.15) is 4.98 Å². The van der Waals surface area contributed by atoms with Crippen LogP contribution in [-0.4, -0.2) is 22.1 Å². The highest BCUT2D eigenvalue weighted by Crippen LogP contribution is 2.19. The quantitative estimate of drug-likeness (QED) is 0.857. The first-order valence-corrected chi connectivity index (χ1v) is 4.98. The zero-order valence-corrected chi connectivity index (χ0v) is 9.33. The minimum absolute atomic E-state index is 0.286. The highest BCUT2D eigenvalue weighted by Gasteiger charge is 2.04. The zero-order chi connectivity index (χ0) is 12.1. The number of methoxy groups -OCH3 is 1. The van der Waals surface area contributed by atoms with Crippen LogP contribution in [-0.2, 0) is 11.3 Å². The van der Waals surface area contributed by atoms with Gasteiger partial charge in [0.25, 0.3) is 0 Å². The predicted octanol–water partition coefficient (Wildman–Crippen LogP) is 1.39. The number of rotatable bonds is 4. The van der Waals surface area contributed by atoms with Crippen molar-refractivity contribution in [3.63, 3.8) is 0 Å². The fourth-order valence-corrected chi connectivity index (χ4v) is 1.27. The lowest BCUT2D eigenvalue weighted by molar-refractivity contribution is 0.177. The number of nitrogen functional groups attached to an aromatic ring is 1. The maximum atomic E-state index is 5.64. The van der Waals surface area contributed by atoms with Gasteiger partial charge in [0.2, 0.25) is 5.88 Å². The van der Waals surface area contributed by atoms with E-state index in [0.29, 0.717) is 23.3 Å². The Morgan fingerprint density at radius 2 is 2.24 bits per heavy atom. The Morgan fingerprint density at radius 3 is 2.94 bits per heavy atom. The molecular formula is C11H12N4O2. The van der Waals surface area contributed by atoms with Crippen molar-refractivity contribution < 1.29 is 9.47 Å². The van der Waals surface area contributed by atoms with Crippen LogP contribution in [0.25, 0.3) is 0 Å². The summed E-state index contributed by atoms with van der Waals surface area (Å²) < 4.78 is 10.4. The summed E-state index contributed by atoms with van der Waals surface area (Å²) in [5.74, 6) is 1.78. The largest absolute Gasteiger partial charge is 0.437 e. The Bertz CT molecular complexity index is 490. The summed E-state index contributed by atoms with van der Waals surface area (Å²) in [5, 5.41) is 0. The maximum absolute atomic E-state index is 5.64. The molecule has 0 saturated carbocycles. The first-order valence-electron chi connectivity index (χ1n) is 4.98. The second kappa shape index (κ2) is 5.22. The second-order valence-corrected chi connectivity index (χ2v) is 3.27. The molecule has 0 fully saturated rings. The van der Waals surface area contributed by atoms with Crippen LogP contribution in [0, 0.1) is 0 Å². The number of nitrogens with two attached hydrogens (primary N) is 1. The molecule has 0 aromatic carbocycles. The van der Waals surface area contributed by atoms with Crippen molar-refractivity contribution in [3.05, 3.63) is 36.4 Å². The van der Waals surface area contributed by atoms with Gasteiger partial charge in [-0.3, -0.25) is 4.98 Å². The lowest BCUT2D eigenvalue weighted by Gasteiger charge is -2.06. The summed E-state index contributed by atoms with van der Waals surface area (Å²) in [6.07, 6.45) is 3.26. The molecule has 2 aromatic rings. The van der Waals surface area contributed by atoms with Crippen LogP contribution in [0.3, 0.4) is 0 Å². The van der Waals surface area contributed by atoms with Crippen LogP contribution >= 0.6 is 0 Å². The molecule has 2 aromatic heterocycles. The molecule has 2 heterocycles. The van der Waals surface area contributed by atoms with E-state index in [0.717, 1.165) is 0 Å². The number of ether oxygens (including phenoxy) is 2. The Kier molecular flexibility index (Phi) is 3.46. The van der Waals surface area contributed by atoms with Crippen LogP contribution in [0.15, 0.2) is 30.6 Å². The van der Waals surface area contributed by atoms with E-state index in [2.05, 4.69) is 15.0 Å². The Morgan fingerprint density at radius 1 is 1.35 bits per heavy atom. The summed E-state index contributed by atoms with van der Waals surface area (Å²) in [6.45, 7) is 0.286. The standard InChI is InChI=1S/C11H12N4O2/c1-16-7-10-14-9(12)5-11(15-10)17-8-3-2-4-13-6-8/h2-6H,7H2,1H3,(H2,12,14,15). The average Bonchev–Trinajstić information content (AvgIpc) is 2.30. The fraction of sp³-hybridized carbons (Fsp3) is 0.182. The van der Waals surface area contributed by atoms with Gasteiger partial charge in [-0.15, -0.1) is 0 Å². The van der Waals surface area contributed by atoms with Gasteiger partial charge >= 0.3 is 0 Å². The van der Waals surface area contributed by atoms with Gasteiger partial charge in [-0.1, -0.05) is 0 Å². The van der Waals surface area contributed by atoms with Crippen molar-refractivity contribution in [2.75, 3.05) is 12.8 Å². The molecule has 0 aliphatic rings. The second-order valence-electron chi connectivity index (χ2n) is 3.27. The van der Waals surface area contributed by atoms with Crippen LogP contribution in [0.1, 0.15) is 5.82 Å². The van der Waals surface area contributed by atoms with Gasteiger partial charge in [0.15, 0.2) is 5.82 Å². The number of aromatic nitrogens is 3. The fourth-order valence-electron chi connectivity index (χ4n) is 1.27. The number of hydrogen-bond donors (Lipinski definition) is 1. The minimum atomic E-state index is 0.286. The van der Waals surface area contributed by atoms with E-state index in [-0.39, 0.29) is 6.61 Å². The monoisotopic (exact) mass is 232 g/mol. The van der Waals surface area contributed by atoms with Crippen LogP contribution in [0.2, 0.25) is 0 Å². The Labute approximate surface area is 98.4 Å².